The SMILES string of the molecule is CC(C)c1c(C(=O)OCc2ccccc2F)cnn1-c1ccccn1. The molecule has 0 bridgehead atoms. The van der Waals surface area contributed by atoms with Gasteiger partial charge in [-0.05, 0) is 24.1 Å². The lowest BCUT2D eigenvalue weighted by Crippen LogP contribution is -2.12. The van der Waals surface area contributed by atoms with Crippen molar-refractivity contribution in [3.63, 3.8) is 0 Å². The molecule has 1 aromatic carbocycles. The Morgan fingerprint density at radius 3 is 2.64 bits per heavy atom. The molecule has 0 radical (unpaired) electrons. The van der Waals surface area contributed by atoms with Crippen LogP contribution in [0.15, 0.2) is 54.9 Å². The number of benzene rings is 1. The van der Waals surface area contributed by atoms with Crippen LogP contribution in [-0.4, -0.2) is 20.7 Å². The van der Waals surface area contributed by atoms with Gasteiger partial charge in [-0.15, -0.1) is 0 Å². The van der Waals surface area contributed by atoms with E-state index in [0.717, 1.165) is 0 Å². The Morgan fingerprint density at radius 2 is 1.96 bits per heavy atom. The summed E-state index contributed by atoms with van der Waals surface area (Å²) in [7, 11) is 0. The molecule has 0 unspecified atom stereocenters. The number of pyridine rings is 1. The zero-order chi connectivity index (χ0) is 17.8. The standard InChI is InChI=1S/C19H18FN3O2/c1-13(2)18-15(11-22-23(18)17-9-5-6-10-21-17)19(24)25-12-14-7-3-4-8-16(14)20/h3-11,13H,12H2,1-2H3. The van der Waals surface area contributed by atoms with Gasteiger partial charge in [0, 0.05) is 11.8 Å². The van der Waals surface area contributed by atoms with Crippen LogP contribution in [-0.2, 0) is 11.3 Å². The normalized spacial score (nSPS) is 10.9. The average Bonchev–Trinajstić information content (AvgIpc) is 3.07. The molecule has 128 valence electrons. The van der Waals surface area contributed by atoms with Gasteiger partial charge in [0.2, 0.25) is 0 Å². The molecule has 2 aromatic heterocycles. The van der Waals surface area contributed by atoms with Gasteiger partial charge >= 0.3 is 5.97 Å². The third-order valence-corrected chi connectivity index (χ3v) is 3.76. The maximum absolute atomic E-state index is 13.7. The largest absolute Gasteiger partial charge is 0.457 e. The summed E-state index contributed by atoms with van der Waals surface area (Å²) >= 11 is 0. The van der Waals surface area contributed by atoms with Gasteiger partial charge in [0.05, 0.1) is 11.9 Å². The second-order valence-electron chi connectivity index (χ2n) is 5.87. The van der Waals surface area contributed by atoms with E-state index in [-0.39, 0.29) is 12.5 Å². The Hall–Kier alpha value is -3.02. The van der Waals surface area contributed by atoms with Crippen molar-refractivity contribution in [2.75, 3.05) is 0 Å². The van der Waals surface area contributed by atoms with Gasteiger partial charge in [-0.3, -0.25) is 0 Å². The van der Waals surface area contributed by atoms with Crippen LogP contribution >= 0.6 is 0 Å². The first-order valence-electron chi connectivity index (χ1n) is 7.97. The molecule has 25 heavy (non-hydrogen) atoms. The highest BCUT2D eigenvalue weighted by atomic mass is 19.1. The number of ether oxygens (including phenoxy) is 1. The summed E-state index contributed by atoms with van der Waals surface area (Å²) in [6.07, 6.45) is 3.13. The third kappa shape index (κ3) is 3.57. The highest BCUT2D eigenvalue weighted by molar-refractivity contribution is 5.90. The summed E-state index contributed by atoms with van der Waals surface area (Å²) in [5, 5.41) is 4.28. The minimum atomic E-state index is -0.533. The molecule has 5 nitrogen and oxygen atoms in total. The highest BCUT2D eigenvalue weighted by Gasteiger charge is 2.22. The van der Waals surface area contributed by atoms with E-state index >= 15 is 0 Å². The van der Waals surface area contributed by atoms with Crippen LogP contribution in [0.2, 0.25) is 0 Å². The number of aromatic nitrogens is 3. The summed E-state index contributed by atoms with van der Waals surface area (Å²) in [6.45, 7) is 3.80. The summed E-state index contributed by atoms with van der Waals surface area (Å²) in [4.78, 5) is 16.7. The van der Waals surface area contributed by atoms with Crippen molar-refractivity contribution < 1.29 is 13.9 Å². The molecular weight excluding hydrogens is 321 g/mol. The van der Waals surface area contributed by atoms with E-state index in [0.29, 0.717) is 22.6 Å². The number of esters is 1. The summed E-state index contributed by atoms with van der Waals surface area (Å²) in [5.41, 5.74) is 1.40. The lowest BCUT2D eigenvalue weighted by atomic mass is 10.1. The molecule has 0 aliphatic heterocycles. The van der Waals surface area contributed by atoms with Crippen LogP contribution in [0.25, 0.3) is 5.82 Å². The van der Waals surface area contributed by atoms with Crippen LogP contribution in [0.5, 0.6) is 0 Å². The molecule has 0 aliphatic rings. The Morgan fingerprint density at radius 1 is 1.20 bits per heavy atom. The lowest BCUT2D eigenvalue weighted by molar-refractivity contribution is 0.0467. The topological polar surface area (TPSA) is 57.0 Å². The monoisotopic (exact) mass is 339 g/mol. The average molecular weight is 339 g/mol. The van der Waals surface area contributed by atoms with E-state index in [1.54, 1.807) is 29.1 Å². The maximum Gasteiger partial charge on any atom is 0.341 e. The van der Waals surface area contributed by atoms with E-state index in [2.05, 4.69) is 10.1 Å². The molecular formula is C19H18FN3O2. The van der Waals surface area contributed by atoms with E-state index in [4.69, 9.17) is 4.74 Å². The van der Waals surface area contributed by atoms with Gasteiger partial charge in [-0.2, -0.15) is 5.10 Å². The Balaban J connectivity index is 1.86. The second kappa shape index (κ2) is 7.25. The van der Waals surface area contributed by atoms with Crippen molar-refractivity contribution in [3.8, 4) is 5.82 Å². The smallest absolute Gasteiger partial charge is 0.341 e. The summed E-state index contributed by atoms with van der Waals surface area (Å²) in [5.74, 6) is -0.280. The first-order chi connectivity index (χ1) is 12.1. The Bertz CT molecular complexity index is 875. The minimum Gasteiger partial charge on any atom is -0.457 e. The summed E-state index contributed by atoms with van der Waals surface area (Å²) < 4.78 is 20.6. The molecule has 6 heteroatoms. The van der Waals surface area contributed by atoms with Crippen LogP contribution in [0.3, 0.4) is 0 Å². The number of carbonyl (C=O) groups is 1. The second-order valence-corrected chi connectivity index (χ2v) is 5.87. The number of rotatable bonds is 5. The fourth-order valence-corrected chi connectivity index (χ4v) is 2.57. The van der Waals surface area contributed by atoms with Crippen molar-refractivity contribution in [1.82, 2.24) is 14.8 Å². The van der Waals surface area contributed by atoms with Gasteiger partial charge in [0.25, 0.3) is 0 Å². The van der Waals surface area contributed by atoms with Gasteiger partial charge in [-0.25, -0.2) is 18.9 Å². The maximum atomic E-state index is 13.7. The van der Waals surface area contributed by atoms with E-state index in [1.165, 1.54) is 12.3 Å². The molecule has 0 N–H and O–H groups in total. The number of hydrogen-bond donors (Lipinski definition) is 0. The van der Waals surface area contributed by atoms with Gasteiger partial charge in [0.15, 0.2) is 5.82 Å². The molecule has 3 aromatic rings. The van der Waals surface area contributed by atoms with E-state index in [9.17, 15) is 9.18 Å². The number of carbonyl (C=O) groups excluding carboxylic acids is 1. The van der Waals surface area contributed by atoms with Gasteiger partial charge in [-0.1, -0.05) is 38.1 Å². The van der Waals surface area contributed by atoms with Crippen molar-refractivity contribution in [2.24, 2.45) is 0 Å². The van der Waals surface area contributed by atoms with Crippen LogP contribution < -0.4 is 0 Å². The molecule has 2 heterocycles. The zero-order valence-electron chi connectivity index (χ0n) is 14.0. The number of nitrogens with zero attached hydrogens (tertiary/aromatic N) is 3. The molecule has 0 spiro atoms. The van der Waals surface area contributed by atoms with E-state index in [1.807, 2.05) is 32.0 Å². The van der Waals surface area contributed by atoms with Gasteiger partial charge in [0.1, 0.15) is 18.0 Å². The third-order valence-electron chi connectivity index (χ3n) is 3.76. The first kappa shape index (κ1) is 16.8. The van der Waals surface area contributed by atoms with Gasteiger partial charge < -0.3 is 4.74 Å². The zero-order valence-corrected chi connectivity index (χ0v) is 14.0. The highest BCUT2D eigenvalue weighted by Crippen LogP contribution is 2.23. The predicted molar refractivity (Wildman–Crippen MR) is 91.0 cm³/mol. The van der Waals surface area contributed by atoms with Crippen molar-refractivity contribution in [1.29, 1.82) is 0 Å². The molecule has 0 saturated carbocycles. The molecule has 0 aliphatic carbocycles. The minimum absolute atomic E-state index is 0.0283. The summed E-state index contributed by atoms with van der Waals surface area (Å²) in [6, 6.07) is 11.7. The molecule has 3 rings (SSSR count). The van der Waals surface area contributed by atoms with Crippen LogP contribution in [0.1, 0.15) is 41.4 Å². The first-order valence-corrected chi connectivity index (χ1v) is 7.97. The Kier molecular flexibility index (Phi) is 4.88. The van der Waals surface area contributed by atoms with E-state index < -0.39 is 11.8 Å². The molecule has 0 atom stereocenters. The fraction of sp³-hybridized carbons (Fsp3) is 0.211. The van der Waals surface area contributed by atoms with Crippen LogP contribution in [0, 0.1) is 5.82 Å². The number of hydrogen-bond acceptors (Lipinski definition) is 4. The predicted octanol–water partition coefficient (Wildman–Crippen LogP) is 3.89. The fourth-order valence-electron chi connectivity index (χ4n) is 2.57. The van der Waals surface area contributed by atoms with Crippen molar-refractivity contribution in [3.05, 3.63) is 77.5 Å². The number of halogens is 1. The lowest BCUT2D eigenvalue weighted by Gasteiger charge is -2.12. The Labute approximate surface area is 145 Å². The van der Waals surface area contributed by atoms with Crippen LogP contribution in [0.4, 0.5) is 4.39 Å². The quantitative estimate of drug-likeness (QED) is 0.662. The van der Waals surface area contributed by atoms with Crippen molar-refractivity contribution in [2.45, 2.75) is 26.4 Å². The molecule has 0 saturated heterocycles. The molecule has 0 fully saturated rings. The van der Waals surface area contributed by atoms with Crippen molar-refractivity contribution >= 4 is 5.97 Å². The molecule has 0 amide bonds.